The first-order valence-electron chi connectivity index (χ1n) is 12.0. The lowest BCUT2D eigenvalue weighted by Crippen LogP contribution is -2.25. The van der Waals surface area contributed by atoms with Gasteiger partial charge in [0.15, 0.2) is 0 Å². The highest BCUT2D eigenvalue weighted by molar-refractivity contribution is 5.39. The summed E-state index contributed by atoms with van der Waals surface area (Å²) in [7, 11) is 7.86. The normalized spacial score (nSPS) is 11.8. The van der Waals surface area contributed by atoms with Crippen molar-refractivity contribution in [3.05, 3.63) is 84.4 Å². The van der Waals surface area contributed by atoms with E-state index in [1.807, 2.05) is 95.5 Å². The summed E-state index contributed by atoms with van der Waals surface area (Å²) in [6.45, 7) is 0. The van der Waals surface area contributed by atoms with E-state index in [4.69, 9.17) is 0 Å². The van der Waals surface area contributed by atoms with Crippen LogP contribution in [0.5, 0.6) is 0 Å². The predicted molar refractivity (Wildman–Crippen MR) is 136 cm³/mol. The van der Waals surface area contributed by atoms with Crippen LogP contribution in [0.15, 0.2) is 93.8 Å². The summed E-state index contributed by atoms with van der Waals surface area (Å²) in [6, 6.07) is 16.8. The third kappa shape index (κ3) is 6.56. The second-order valence-electron chi connectivity index (χ2n) is 8.93. The minimum atomic E-state index is 0.814. The highest BCUT2D eigenvalue weighted by atomic mass is 15.3. The lowest BCUT2D eigenvalue weighted by molar-refractivity contribution is -0.657. The number of nitrogens with zero attached hydrogens (tertiary/aromatic N) is 8. The summed E-state index contributed by atoms with van der Waals surface area (Å²) in [5.74, 6) is 1.63. The molecule has 2 aromatic carbocycles. The molecule has 0 aliphatic heterocycles. The molecule has 8 nitrogen and oxygen atoms in total. The molecule has 0 spiro atoms. The number of azo groups is 2. The lowest BCUT2D eigenvalue weighted by Gasteiger charge is -2.03. The van der Waals surface area contributed by atoms with E-state index in [0.717, 1.165) is 36.1 Å². The molecule has 8 heteroatoms. The topological polar surface area (TPSA) is 67.1 Å². The molecule has 0 saturated heterocycles. The van der Waals surface area contributed by atoms with E-state index < -0.39 is 0 Å². The van der Waals surface area contributed by atoms with Gasteiger partial charge in [-0.3, -0.25) is 0 Å². The maximum atomic E-state index is 4.36. The first-order valence-corrected chi connectivity index (χ1v) is 12.0. The van der Waals surface area contributed by atoms with Gasteiger partial charge in [0.2, 0.25) is 0 Å². The van der Waals surface area contributed by atoms with E-state index in [9.17, 15) is 0 Å². The number of aryl methyl sites for hydroxylation is 6. The van der Waals surface area contributed by atoms with Gasteiger partial charge in [0.25, 0.3) is 0 Å². The van der Waals surface area contributed by atoms with Crippen LogP contribution < -0.4 is 9.13 Å². The molecule has 0 amide bonds. The number of hydrogen-bond donors (Lipinski definition) is 0. The van der Waals surface area contributed by atoms with Crippen LogP contribution in [0, 0.1) is 0 Å². The van der Waals surface area contributed by atoms with Crippen LogP contribution in [0.2, 0.25) is 0 Å². The van der Waals surface area contributed by atoms with Gasteiger partial charge in [0.05, 0.1) is 53.0 Å². The highest BCUT2D eigenvalue weighted by Gasteiger charge is 2.11. The third-order valence-electron chi connectivity index (χ3n) is 6.10. The van der Waals surface area contributed by atoms with Gasteiger partial charge in [-0.25, -0.2) is 18.3 Å². The van der Waals surface area contributed by atoms with Crippen LogP contribution in [-0.4, -0.2) is 9.13 Å². The second-order valence-corrected chi connectivity index (χ2v) is 8.93. The molecule has 2 aromatic heterocycles. The number of unbranched alkanes of at least 4 members (excludes halogenated alkanes) is 2. The minimum absolute atomic E-state index is 0.814. The van der Waals surface area contributed by atoms with E-state index in [-0.39, 0.29) is 0 Å². The van der Waals surface area contributed by atoms with Gasteiger partial charge in [0.1, 0.15) is 11.4 Å². The van der Waals surface area contributed by atoms with Crippen molar-refractivity contribution in [2.24, 2.45) is 48.6 Å². The lowest BCUT2D eigenvalue weighted by atomic mass is 10.0. The zero-order chi connectivity index (χ0) is 24.6. The van der Waals surface area contributed by atoms with Crippen LogP contribution in [0.4, 0.5) is 23.3 Å². The van der Waals surface area contributed by atoms with Crippen LogP contribution >= 0.6 is 0 Å². The Balaban J connectivity index is 1.18. The van der Waals surface area contributed by atoms with Crippen LogP contribution in [0.25, 0.3) is 0 Å². The smallest absolute Gasteiger partial charge is 0.233 e. The molecule has 4 aromatic rings. The molecule has 0 atom stereocenters. The van der Waals surface area contributed by atoms with Gasteiger partial charge in [-0.05, 0) is 61.1 Å². The molecular weight excluding hydrogens is 436 g/mol. The Hall–Kier alpha value is -3.94. The monoisotopic (exact) mass is 470 g/mol. The third-order valence-corrected chi connectivity index (χ3v) is 6.10. The maximum absolute atomic E-state index is 4.36. The van der Waals surface area contributed by atoms with E-state index in [1.165, 1.54) is 30.4 Å². The molecule has 0 N–H and O–H groups in total. The second kappa shape index (κ2) is 11.5. The quantitative estimate of drug-likeness (QED) is 0.160. The first-order chi connectivity index (χ1) is 17.0. The summed E-state index contributed by atoms with van der Waals surface area (Å²) < 4.78 is 7.79. The summed E-state index contributed by atoms with van der Waals surface area (Å²) in [5, 5.41) is 17.4. The standard InChI is InChI=1S/C27H34N8/c1-32-18-19-33(2)26(32)30-28-24-14-10-22(11-15-24)8-6-5-7-9-23-12-16-25(17-13-23)29-31-27-34(3)20-21-35(27)4/h10-21H,5-9H2,1-4H3/q+2. The molecule has 0 bridgehead atoms. The van der Waals surface area contributed by atoms with Crippen molar-refractivity contribution in [3.63, 3.8) is 0 Å². The molecular formula is C27H34N8+2. The Labute approximate surface area is 206 Å². The molecule has 0 aliphatic rings. The Kier molecular flexibility index (Phi) is 7.92. The Bertz CT molecular complexity index is 1150. The molecule has 0 unspecified atom stereocenters. The number of imidazole rings is 2. The molecule has 0 aliphatic carbocycles. The Morgan fingerprint density at radius 1 is 0.571 bits per heavy atom. The van der Waals surface area contributed by atoms with E-state index >= 15 is 0 Å². The van der Waals surface area contributed by atoms with Gasteiger partial charge in [-0.15, -0.1) is 0 Å². The summed E-state index contributed by atoms with van der Waals surface area (Å²) in [5.41, 5.74) is 4.43. The fourth-order valence-corrected chi connectivity index (χ4v) is 3.94. The van der Waals surface area contributed by atoms with Crippen LogP contribution in [0.3, 0.4) is 0 Å². The molecule has 35 heavy (non-hydrogen) atoms. The van der Waals surface area contributed by atoms with Crippen molar-refractivity contribution < 1.29 is 9.13 Å². The van der Waals surface area contributed by atoms with Crippen molar-refractivity contribution in [1.82, 2.24) is 9.13 Å². The van der Waals surface area contributed by atoms with Gasteiger partial charge in [-0.2, -0.15) is 0 Å². The van der Waals surface area contributed by atoms with E-state index in [1.54, 1.807) is 0 Å². The largest absolute Gasteiger partial charge is 0.421 e. The molecule has 4 rings (SSSR count). The predicted octanol–water partition coefficient (Wildman–Crippen LogP) is 5.80. The van der Waals surface area contributed by atoms with E-state index in [0.29, 0.717) is 0 Å². The summed E-state index contributed by atoms with van der Waals surface area (Å²) in [6.07, 6.45) is 13.6. The fourth-order valence-electron chi connectivity index (χ4n) is 3.94. The minimum Gasteiger partial charge on any atom is -0.233 e. The average molecular weight is 471 g/mol. The molecule has 0 radical (unpaired) electrons. The van der Waals surface area contributed by atoms with Gasteiger partial charge in [-0.1, -0.05) is 40.9 Å². The van der Waals surface area contributed by atoms with Crippen LogP contribution in [0.1, 0.15) is 30.4 Å². The SMILES string of the molecule is Cn1cc[n+](C)c1N=Nc1ccc(CCCCCc2ccc(N=Nc3n(C)cc[n+]3C)cc2)cc1. The number of benzene rings is 2. The zero-order valence-electron chi connectivity index (χ0n) is 21.0. The van der Waals surface area contributed by atoms with Gasteiger partial charge in [0, 0.05) is 10.2 Å². The highest BCUT2D eigenvalue weighted by Crippen LogP contribution is 2.19. The summed E-state index contributed by atoms with van der Waals surface area (Å²) in [4.78, 5) is 0. The number of hydrogen-bond acceptors (Lipinski definition) is 4. The molecule has 2 heterocycles. The molecule has 180 valence electrons. The number of rotatable bonds is 10. The van der Waals surface area contributed by atoms with Crippen molar-refractivity contribution >= 4 is 23.3 Å². The first kappa shape index (κ1) is 24.2. The van der Waals surface area contributed by atoms with Crippen LogP contribution in [-0.2, 0) is 41.0 Å². The van der Waals surface area contributed by atoms with Crippen molar-refractivity contribution in [3.8, 4) is 0 Å². The number of aromatic nitrogens is 4. The fraction of sp³-hybridized carbons (Fsp3) is 0.333. The summed E-state index contributed by atoms with van der Waals surface area (Å²) >= 11 is 0. The van der Waals surface area contributed by atoms with Gasteiger partial charge >= 0.3 is 11.9 Å². The average Bonchev–Trinajstić information content (AvgIpc) is 3.37. The Morgan fingerprint density at radius 2 is 0.971 bits per heavy atom. The van der Waals surface area contributed by atoms with Crippen molar-refractivity contribution in [1.29, 1.82) is 0 Å². The van der Waals surface area contributed by atoms with Crippen molar-refractivity contribution in [2.75, 3.05) is 0 Å². The van der Waals surface area contributed by atoms with Gasteiger partial charge < -0.3 is 0 Å². The maximum Gasteiger partial charge on any atom is 0.421 e. The van der Waals surface area contributed by atoms with Crippen molar-refractivity contribution in [2.45, 2.75) is 32.1 Å². The zero-order valence-corrected chi connectivity index (χ0v) is 21.0. The van der Waals surface area contributed by atoms with E-state index in [2.05, 4.69) is 44.7 Å². The molecule has 0 fully saturated rings. The Morgan fingerprint density at radius 3 is 1.31 bits per heavy atom. The molecule has 0 saturated carbocycles.